The minimum atomic E-state index is -0.908. The van der Waals surface area contributed by atoms with Gasteiger partial charge in [-0.1, -0.05) is 151 Å². The molecule has 0 saturated heterocycles. The van der Waals surface area contributed by atoms with Gasteiger partial charge in [0.2, 0.25) is 0 Å². The van der Waals surface area contributed by atoms with E-state index < -0.39 is 7.12 Å². The molecule has 196 valence electrons. The van der Waals surface area contributed by atoms with Crippen molar-refractivity contribution in [3.05, 3.63) is 164 Å². The maximum atomic E-state index is 14.1. The summed E-state index contributed by atoms with van der Waals surface area (Å²) in [5.74, 6) is -0.212. The maximum absolute atomic E-state index is 14.1. The van der Waals surface area contributed by atoms with Gasteiger partial charge in [-0.15, -0.1) is 0 Å². The van der Waals surface area contributed by atoms with Gasteiger partial charge < -0.3 is 0 Å². The highest BCUT2D eigenvalue weighted by atomic mass is 32.7. The van der Waals surface area contributed by atoms with Crippen molar-refractivity contribution < 1.29 is 4.39 Å². The van der Waals surface area contributed by atoms with E-state index in [0.29, 0.717) is 0 Å². The molecule has 0 bridgehead atoms. The van der Waals surface area contributed by atoms with Crippen molar-refractivity contribution in [2.24, 2.45) is 0 Å². The third-order valence-corrected chi connectivity index (χ3v) is 12.1. The fraction of sp³-hybridized carbons (Fsp3) is 0. The van der Waals surface area contributed by atoms with E-state index in [2.05, 4.69) is 133 Å². The summed E-state index contributed by atoms with van der Waals surface area (Å²) in [6.45, 7) is 0. The van der Waals surface area contributed by atoms with Gasteiger partial charge in [0.1, 0.15) is 5.82 Å². The van der Waals surface area contributed by atoms with Crippen LogP contribution in [0, 0.1) is 5.82 Å². The zero-order valence-corrected chi connectivity index (χ0v) is 24.0. The highest BCUT2D eigenvalue weighted by molar-refractivity contribution is 8.60. The fourth-order valence-electron chi connectivity index (χ4n) is 5.47. The number of hydrogen-bond donors (Lipinski definition) is 0. The van der Waals surface area contributed by atoms with Crippen LogP contribution in [0.2, 0.25) is 0 Å². The summed E-state index contributed by atoms with van der Waals surface area (Å²) < 4.78 is 14.1. The number of benzene rings is 7. The van der Waals surface area contributed by atoms with Gasteiger partial charge in [0.15, 0.2) is 0 Å². The Kier molecular flexibility index (Phi) is 7.11. The molecule has 0 aromatic heterocycles. The summed E-state index contributed by atoms with van der Waals surface area (Å²) in [7, 11) is -0.908. The summed E-state index contributed by atoms with van der Waals surface area (Å²) in [5, 5.41) is 7.36. The summed E-state index contributed by atoms with van der Waals surface area (Å²) >= 11 is 1.89. The molecule has 0 aliphatic rings. The highest BCUT2D eigenvalue weighted by Crippen LogP contribution is 2.55. The molecule has 0 spiro atoms. The molecule has 0 heterocycles. The molecule has 0 nitrogen and oxygen atoms in total. The lowest BCUT2D eigenvalue weighted by Gasteiger charge is -2.22. The number of hydrogen-bond acceptors (Lipinski definition) is 1. The van der Waals surface area contributed by atoms with E-state index in [1.807, 2.05) is 23.5 Å². The van der Waals surface area contributed by atoms with Crippen LogP contribution < -0.4 is 10.6 Å². The molecular formula is C38H26FPS. The van der Waals surface area contributed by atoms with Gasteiger partial charge in [-0.3, -0.25) is 0 Å². The summed E-state index contributed by atoms with van der Waals surface area (Å²) in [6.07, 6.45) is 0. The minimum absolute atomic E-state index is 0.212. The molecule has 7 rings (SSSR count). The van der Waals surface area contributed by atoms with Crippen molar-refractivity contribution in [2.45, 2.75) is 4.90 Å². The van der Waals surface area contributed by atoms with E-state index in [1.165, 1.54) is 54.0 Å². The Labute approximate surface area is 245 Å². The molecule has 7 aromatic rings. The molecule has 7 aromatic carbocycles. The van der Waals surface area contributed by atoms with E-state index in [0.717, 1.165) is 5.30 Å². The van der Waals surface area contributed by atoms with E-state index in [1.54, 1.807) is 12.1 Å². The van der Waals surface area contributed by atoms with Crippen LogP contribution in [0.4, 0.5) is 4.39 Å². The van der Waals surface area contributed by atoms with Crippen molar-refractivity contribution in [1.82, 2.24) is 0 Å². The van der Waals surface area contributed by atoms with Gasteiger partial charge in [-0.2, -0.15) is 0 Å². The predicted molar refractivity (Wildman–Crippen MR) is 177 cm³/mol. The van der Waals surface area contributed by atoms with Crippen LogP contribution in [0.3, 0.4) is 0 Å². The molecule has 1 unspecified atom stereocenters. The minimum Gasteiger partial charge on any atom is -0.207 e. The molecule has 0 saturated carbocycles. The molecule has 0 amide bonds. The molecule has 0 fully saturated rings. The monoisotopic (exact) mass is 564 g/mol. The summed E-state index contributed by atoms with van der Waals surface area (Å²) in [5.41, 5.74) is 4.87. The van der Waals surface area contributed by atoms with Gasteiger partial charge in [0.05, 0.1) is 0 Å². The van der Waals surface area contributed by atoms with E-state index in [4.69, 9.17) is 0 Å². The topological polar surface area (TPSA) is 0 Å². The Bertz CT molecular complexity index is 1970. The van der Waals surface area contributed by atoms with Gasteiger partial charge in [0.25, 0.3) is 0 Å². The van der Waals surface area contributed by atoms with Crippen LogP contribution in [0.25, 0.3) is 43.8 Å². The Hall–Kier alpha value is -4.23. The van der Waals surface area contributed by atoms with Crippen molar-refractivity contribution in [3.63, 3.8) is 0 Å². The first-order valence-electron chi connectivity index (χ1n) is 13.6. The third kappa shape index (κ3) is 5.06. The summed E-state index contributed by atoms with van der Waals surface area (Å²) in [6, 6.07) is 54.6. The van der Waals surface area contributed by atoms with Gasteiger partial charge in [-0.05, 0) is 72.6 Å². The first kappa shape index (κ1) is 25.7. The zero-order chi connectivity index (χ0) is 27.6. The van der Waals surface area contributed by atoms with Crippen LogP contribution in [0.5, 0.6) is 0 Å². The highest BCUT2D eigenvalue weighted by Gasteiger charge is 2.21. The van der Waals surface area contributed by atoms with Gasteiger partial charge in [-0.25, -0.2) is 4.39 Å². The van der Waals surface area contributed by atoms with E-state index in [9.17, 15) is 4.39 Å². The van der Waals surface area contributed by atoms with Crippen molar-refractivity contribution in [1.29, 1.82) is 0 Å². The quantitative estimate of drug-likeness (QED) is 0.181. The zero-order valence-electron chi connectivity index (χ0n) is 22.2. The second-order valence-corrected chi connectivity index (χ2v) is 13.8. The molecule has 0 radical (unpaired) electrons. The lowest BCUT2D eigenvalue weighted by atomic mass is 9.98. The number of halogens is 1. The molecule has 1 atom stereocenters. The van der Waals surface area contributed by atoms with Crippen LogP contribution in [-0.2, 0) is 0 Å². The Morgan fingerprint density at radius 2 is 0.902 bits per heavy atom. The first-order chi connectivity index (χ1) is 20.3. The van der Waals surface area contributed by atoms with Crippen LogP contribution >= 0.6 is 18.5 Å². The Morgan fingerprint density at radius 3 is 1.51 bits per heavy atom. The standard InChI is InChI=1S/C38H26FPS/c39-29-19-21-30(22-20-29)40(37-25-23-31(27-11-3-1-4-12-27)33-15-7-9-17-35(33)37)41-38-26-24-32(28-13-5-2-6-14-28)34-16-8-10-18-36(34)38/h1-26H. The SMILES string of the molecule is Fc1ccc(P(Sc2ccc(-c3ccccc3)c3ccccc23)c2ccc(-c3ccccc3)c3ccccc23)cc1. The van der Waals surface area contributed by atoms with Crippen LogP contribution in [0.15, 0.2) is 163 Å². The largest absolute Gasteiger partial charge is 0.207 e. The van der Waals surface area contributed by atoms with Gasteiger partial charge in [0, 0.05) is 12.0 Å². The van der Waals surface area contributed by atoms with Crippen molar-refractivity contribution in [3.8, 4) is 22.3 Å². The van der Waals surface area contributed by atoms with E-state index >= 15 is 0 Å². The molecule has 0 aliphatic heterocycles. The normalized spacial score (nSPS) is 12.0. The third-order valence-electron chi connectivity index (χ3n) is 7.42. The van der Waals surface area contributed by atoms with Crippen LogP contribution in [0.1, 0.15) is 0 Å². The lowest BCUT2D eigenvalue weighted by Crippen LogP contribution is -2.11. The molecule has 0 N–H and O–H groups in total. The van der Waals surface area contributed by atoms with Crippen LogP contribution in [-0.4, -0.2) is 0 Å². The molecule has 0 aliphatic carbocycles. The second-order valence-electron chi connectivity index (χ2n) is 9.93. The molecule has 3 heteroatoms. The maximum Gasteiger partial charge on any atom is 0.123 e. The average Bonchev–Trinajstić information content (AvgIpc) is 3.04. The number of rotatable bonds is 6. The first-order valence-corrected chi connectivity index (χ1v) is 16.4. The second kappa shape index (κ2) is 11.3. The van der Waals surface area contributed by atoms with Crippen molar-refractivity contribution >= 4 is 50.7 Å². The Morgan fingerprint density at radius 1 is 0.415 bits per heavy atom. The van der Waals surface area contributed by atoms with Gasteiger partial charge >= 0.3 is 0 Å². The molecular weight excluding hydrogens is 538 g/mol. The smallest absolute Gasteiger partial charge is 0.123 e. The average molecular weight is 565 g/mol. The lowest BCUT2D eigenvalue weighted by molar-refractivity contribution is 0.628. The fourth-order valence-corrected chi connectivity index (χ4v) is 10.1. The van der Waals surface area contributed by atoms with E-state index in [-0.39, 0.29) is 5.82 Å². The Balaban J connectivity index is 1.40. The number of fused-ring (bicyclic) bond motifs is 2. The predicted octanol–water partition coefficient (Wildman–Crippen LogP) is 10.6. The van der Waals surface area contributed by atoms with Crippen molar-refractivity contribution in [2.75, 3.05) is 0 Å². The summed E-state index contributed by atoms with van der Waals surface area (Å²) in [4.78, 5) is 1.23. The molecule has 41 heavy (non-hydrogen) atoms.